The van der Waals surface area contributed by atoms with Crippen molar-refractivity contribution in [1.82, 2.24) is 5.32 Å². The van der Waals surface area contributed by atoms with Crippen molar-refractivity contribution in [2.45, 2.75) is 12.5 Å². The number of carboxylic acids is 1. The highest BCUT2D eigenvalue weighted by Gasteiger charge is 2.21. The molecule has 0 fully saturated rings. The zero-order chi connectivity index (χ0) is 14.4. The Balaban J connectivity index is 2.81. The molecule has 104 valence electrons. The molecule has 0 saturated carbocycles. The summed E-state index contributed by atoms with van der Waals surface area (Å²) >= 11 is 2.00. The lowest BCUT2D eigenvalue weighted by atomic mass is 10.1. The fraction of sp³-hybridized carbons (Fsp3) is 0.333. The molecule has 1 aromatic carbocycles. The van der Waals surface area contributed by atoms with Gasteiger partial charge in [0.1, 0.15) is 11.8 Å². The zero-order valence-electron chi connectivity index (χ0n) is 10.2. The molecule has 0 spiro atoms. The molecule has 3 N–H and O–H groups in total. The van der Waals surface area contributed by atoms with E-state index in [0.717, 1.165) is 3.57 Å². The molecule has 1 atom stereocenters. The summed E-state index contributed by atoms with van der Waals surface area (Å²) in [7, 11) is 1.45. The molecule has 0 heterocycles. The molecule has 0 aliphatic heterocycles. The summed E-state index contributed by atoms with van der Waals surface area (Å²) < 4.78 is 5.56. The van der Waals surface area contributed by atoms with Crippen molar-refractivity contribution >= 4 is 34.5 Å². The van der Waals surface area contributed by atoms with E-state index in [-0.39, 0.29) is 24.3 Å². The maximum absolute atomic E-state index is 11.9. The van der Waals surface area contributed by atoms with Gasteiger partial charge in [-0.05, 0) is 40.8 Å². The van der Waals surface area contributed by atoms with Gasteiger partial charge in [-0.25, -0.2) is 4.79 Å². The summed E-state index contributed by atoms with van der Waals surface area (Å²) in [5.41, 5.74) is 0.0515. The van der Waals surface area contributed by atoms with Crippen molar-refractivity contribution in [2.24, 2.45) is 0 Å². The Labute approximate surface area is 123 Å². The fourth-order valence-electron chi connectivity index (χ4n) is 1.42. The first-order chi connectivity index (χ1) is 8.95. The molecular weight excluding hydrogens is 365 g/mol. The highest BCUT2D eigenvalue weighted by Crippen LogP contribution is 2.19. The van der Waals surface area contributed by atoms with Gasteiger partial charge in [-0.1, -0.05) is 0 Å². The van der Waals surface area contributed by atoms with Gasteiger partial charge in [0.2, 0.25) is 0 Å². The number of aromatic hydroxyl groups is 1. The highest BCUT2D eigenvalue weighted by atomic mass is 127. The third-order valence-electron chi connectivity index (χ3n) is 2.42. The molecule has 0 radical (unpaired) electrons. The quantitative estimate of drug-likeness (QED) is 0.646. The topological polar surface area (TPSA) is 95.9 Å². The number of phenols is 1. The molecule has 7 heteroatoms. The number of ether oxygens (including phenoxy) is 1. The van der Waals surface area contributed by atoms with Crippen LogP contribution >= 0.6 is 22.6 Å². The number of carbonyl (C=O) groups is 2. The van der Waals surface area contributed by atoms with Crippen molar-refractivity contribution in [3.05, 3.63) is 27.3 Å². The van der Waals surface area contributed by atoms with E-state index in [0.29, 0.717) is 0 Å². The van der Waals surface area contributed by atoms with Crippen LogP contribution in [0.4, 0.5) is 0 Å². The summed E-state index contributed by atoms with van der Waals surface area (Å²) in [6.07, 6.45) is 0.155. The van der Waals surface area contributed by atoms with Gasteiger partial charge in [0.15, 0.2) is 0 Å². The Kier molecular flexibility index (Phi) is 6.03. The average Bonchev–Trinajstić information content (AvgIpc) is 2.36. The van der Waals surface area contributed by atoms with Crippen LogP contribution in [0.15, 0.2) is 18.2 Å². The number of hydrogen-bond donors (Lipinski definition) is 3. The number of hydrogen-bond acceptors (Lipinski definition) is 4. The van der Waals surface area contributed by atoms with Gasteiger partial charge >= 0.3 is 5.97 Å². The molecule has 0 bridgehead atoms. The number of amides is 1. The lowest BCUT2D eigenvalue weighted by Crippen LogP contribution is -2.41. The Morgan fingerprint density at radius 1 is 1.47 bits per heavy atom. The smallest absolute Gasteiger partial charge is 0.326 e. The summed E-state index contributed by atoms with van der Waals surface area (Å²) in [5, 5.41) is 20.9. The van der Waals surface area contributed by atoms with Crippen LogP contribution in [0.25, 0.3) is 0 Å². The van der Waals surface area contributed by atoms with E-state index in [1.54, 1.807) is 6.07 Å². The molecule has 6 nitrogen and oxygen atoms in total. The van der Waals surface area contributed by atoms with Crippen LogP contribution in [-0.4, -0.2) is 41.8 Å². The third kappa shape index (κ3) is 4.67. The minimum absolute atomic E-state index is 0.0515. The number of phenolic OH excluding ortho intramolecular Hbond substituents is 1. The molecule has 0 aliphatic rings. The molecule has 0 aliphatic carbocycles. The first-order valence-corrected chi connectivity index (χ1v) is 6.54. The summed E-state index contributed by atoms with van der Waals surface area (Å²) in [4.78, 5) is 22.9. The number of benzene rings is 1. The van der Waals surface area contributed by atoms with E-state index in [2.05, 4.69) is 5.32 Å². The maximum atomic E-state index is 11.9. The van der Waals surface area contributed by atoms with E-state index >= 15 is 0 Å². The molecule has 1 aromatic rings. The van der Waals surface area contributed by atoms with Gasteiger partial charge in [0.05, 0.1) is 5.56 Å². The van der Waals surface area contributed by atoms with E-state index in [1.165, 1.54) is 19.2 Å². The number of halogens is 1. The molecule has 0 aromatic heterocycles. The fourth-order valence-corrected chi connectivity index (χ4v) is 1.91. The van der Waals surface area contributed by atoms with Gasteiger partial charge in [-0.3, -0.25) is 4.79 Å². The minimum Gasteiger partial charge on any atom is -0.507 e. The molecule has 1 unspecified atom stereocenters. The number of methoxy groups -OCH3 is 1. The summed E-state index contributed by atoms with van der Waals surface area (Å²) in [5.74, 6) is -1.95. The SMILES string of the molecule is COCCC(NC(=O)c1cc(I)ccc1O)C(=O)O. The van der Waals surface area contributed by atoms with Crippen molar-refractivity contribution in [1.29, 1.82) is 0 Å². The van der Waals surface area contributed by atoms with E-state index < -0.39 is 17.9 Å². The molecular formula is C12H14INO5. The second kappa shape index (κ2) is 7.29. The number of rotatable bonds is 6. The molecule has 0 saturated heterocycles. The van der Waals surface area contributed by atoms with Crippen LogP contribution in [0.3, 0.4) is 0 Å². The molecule has 1 amide bonds. The zero-order valence-corrected chi connectivity index (χ0v) is 12.4. The van der Waals surface area contributed by atoms with Gasteiger partial charge in [-0.15, -0.1) is 0 Å². The van der Waals surface area contributed by atoms with Crippen molar-refractivity contribution in [3.8, 4) is 5.75 Å². The van der Waals surface area contributed by atoms with Crippen LogP contribution < -0.4 is 5.32 Å². The predicted octanol–water partition coefficient (Wildman–Crippen LogP) is 1.22. The monoisotopic (exact) mass is 379 g/mol. The Morgan fingerprint density at radius 2 is 2.16 bits per heavy atom. The van der Waals surface area contributed by atoms with Gasteiger partial charge < -0.3 is 20.3 Å². The Bertz CT molecular complexity index is 477. The average molecular weight is 379 g/mol. The second-order valence-electron chi connectivity index (χ2n) is 3.81. The second-order valence-corrected chi connectivity index (χ2v) is 5.05. The molecule has 19 heavy (non-hydrogen) atoms. The van der Waals surface area contributed by atoms with Crippen LogP contribution in [0.1, 0.15) is 16.8 Å². The Morgan fingerprint density at radius 3 is 2.74 bits per heavy atom. The normalized spacial score (nSPS) is 11.9. The minimum atomic E-state index is -1.14. The van der Waals surface area contributed by atoms with Crippen molar-refractivity contribution in [2.75, 3.05) is 13.7 Å². The first-order valence-electron chi connectivity index (χ1n) is 5.46. The summed E-state index contributed by atoms with van der Waals surface area (Å²) in [6.45, 7) is 0.218. The number of aliphatic carboxylic acids is 1. The van der Waals surface area contributed by atoms with E-state index in [4.69, 9.17) is 9.84 Å². The number of carbonyl (C=O) groups excluding carboxylic acids is 1. The predicted molar refractivity (Wildman–Crippen MR) is 76.2 cm³/mol. The van der Waals surface area contributed by atoms with Crippen LogP contribution in [-0.2, 0) is 9.53 Å². The first kappa shape index (κ1) is 15.7. The third-order valence-corrected chi connectivity index (χ3v) is 3.09. The lowest BCUT2D eigenvalue weighted by molar-refractivity contribution is -0.139. The summed E-state index contributed by atoms with van der Waals surface area (Å²) in [6, 6.07) is 3.47. The largest absolute Gasteiger partial charge is 0.507 e. The van der Waals surface area contributed by atoms with Gasteiger partial charge in [0, 0.05) is 23.7 Å². The Hall–Kier alpha value is -1.35. The number of nitrogens with one attached hydrogen (secondary N) is 1. The van der Waals surface area contributed by atoms with Gasteiger partial charge in [0.25, 0.3) is 5.91 Å². The van der Waals surface area contributed by atoms with Gasteiger partial charge in [-0.2, -0.15) is 0 Å². The van der Waals surface area contributed by atoms with Crippen molar-refractivity contribution < 1.29 is 24.5 Å². The lowest BCUT2D eigenvalue weighted by Gasteiger charge is -2.14. The maximum Gasteiger partial charge on any atom is 0.326 e. The van der Waals surface area contributed by atoms with Crippen LogP contribution in [0.5, 0.6) is 5.75 Å². The highest BCUT2D eigenvalue weighted by molar-refractivity contribution is 14.1. The van der Waals surface area contributed by atoms with Crippen molar-refractivity contribution in [3.63, 3.8) is 0 Å². The molecule has 1 rings (SSSR count). The number of carboxylic acid groups (broad SMARTS) is 1. The standard InChI is InChI=1S/C12H14INO5/c1-19-5-4-9(12(17)18)14-11(16)8-6-7(13)2-3-10(8)15/h2-3,6,9,15H,4-5H2,1H3,(H,14,16)(H,17,18). The van der Waals surface area contributed by atoms with E-state index in [1.807, 2.05) is 22.6 Å². The van der Waals surface area contributed by atoms with Crippen LogP contribution in [0, 0.1) is 3.57 Å². The van der Waals surface area contributed by atoms with E-state index in [9.17, 15) is 14.7 Å². The van der Waals surface area contributed by atoms with Crippen LogP contribution in [0.2, 0.25) is 0 Å².